The van der Waals surface area contributed by atoms with Gasteiger partial charge in [0.25, 0.3) is 0 Å². The van der Waals surface area contributed by atoms with Crippen LogP contribution in [-0.2, 0) is 14.4 Å². The van der Waals surface area contributed by atoms with Crippen LogP contribution in [0.15, 0.2) is 30.3 Å². The lowest BCUT2D eigenvalue weighted by molar-refractivity contribution is -0.136. The van der Waals surface area contributed by atoms with Crippen LogP contribution in [0, 0.1) is 5.92 Å². The first-order chi connectivity index (χ1) is 14.6. The van der Waals surface area contributed by atoms with E-state index in [1.807, 2.05) is 30.3 Å². The highest BCUT2D eigenvalue weighted by molar-refractivity contribution is 5.82. The monoisotopic (exact) mass is 415 g/mol. The molecule has 1 aromatic rings. The lowest BCUT2D eigenvalue weighted by Crippen LogP contribution is -2.46. The summed E-state index contributed by atoms with van der Waals surface area (Å²) in [6, 6.07) is 9.72. The quantitative estimate of drug-likeness (QED) is 0.648. The van der Waals surface area contributed by atoms with E-state index >= 15 is 0 Å². The predicted octanol–water partition coefficient (Wildman–Crippen LogP) is 2.26. The molecule has 1 aliphatic carbocycles. The third-order valence-electron chi connectivity index (χ3n) is 5.84. The standard InChI is InChI=1S/C23H33N3O4/c27-21(25-19-8-4-5-9-19)12-14-24-23(29)18-7-6-15-26(17-18)22(28)13-16-30-20-10-2-1-3-11-20/h1-3,10-11,18-19H,4-9,12-17H2,(H,24,29)(H,25,27). The van der Waals surface area contributed by atoms with Crippen LogP contribution in [0.25, 0.3) is 0 Å². The molecule has 0 spiro atoms. The van der Waals surface area contributed by atoms with Gasteiger partial charge in [0, 0.05) is 32.1 Å². The first kappa shape index (κ1) is 22.1. The SMILES string of the molecule is O=C(CCNC(=O)C1CCCN(C(=O)CCOc2ccccc2)C1)NC1CCCC1. The summed E-state index contributed by atoms with van der Waals surface area (Å²) < 4.78 is 5.60. The number of amides is 3. The van der Waals surface area contributed by atoms with Crippen LogP contribution in [0.3, 0.4) is 0 Å². The number of carbonyl (C=O) groups excluding carboxylic acids is 3. The summed E-state index contributed by atoms with van der Waals surface area (Å²) in [7, 11) is 0. The van der Waals surface area contributed by atoms with E-state index in [1.54, 1.807) is 4.90 Å². The maximum absolute atomic E-state index is 12.5. The molecule has 0 aromatic heterocycles. The Bertz CT molecular complexity index is 704. The van der Waals surface area contributed by atoms with Gasteiger partial charge in [-0.25, -0.2) is 0 Å². The Morgan fingerprint density at radius 2 is 1.77 bits per heavy atom. The average molecular weight is 416 g/mol. The zero-order valence-electron chi connectivity index (χ0n) is 17.6. The van der Waals surface area contributed by atoms with Gasteiger partial charge in [0.05, 0.1) is 18.9 Å². The molecule has 2 N–H and O–H groups in total. The van der Waals surface area contributed by atoms with Crippen molar-refractivity contribution < 1.29 is 19.1 Å². The summed E-state index contributed by atoms with van der Waals surface area (Å²) in [5.74, 6) is 0.482. The van der Waals surface area contributed by atoms with E-state index in [9.17, 15) is 14.4 Å². The van der Waals surface area contributed by atoms with Crippen molar-refractivity contribution in [2.75, 3.05) is 26.2 Å². The fourth-order valence-electron chi connectivity index (χ4n) is 4.16. The van der Waals surface area contributed by atoms with E-state index < -0.39 is 0 Å². The number of piperidine rings is 1. The lowest BCUT2D eigenvalue weighted by atomic mass is 9.97. The molecule has 3 rings (SSSR count). The van der Waals surface area contributed by atoms with Crippen LogP contribution in [0.4, 0.5) is 0 Å². The van der Waals surface area contributed by atoms with Crippen LogP contribution in [0.2, 0.25) is 0 Å². The maximum atomic E-state index is 12.5. The Morgan fingerprint density at radius 1 is 1.00 bits per heavy atom. The van der Waals surface area contributed by atoms with Crippen LogP contribution in [-0.4, -0.2) is 54.9 Å². The number of hydrogen-bond acceptors (Lipinski definition) is 4. The van der Waals surface area contributed by atoms with Gasteiger partial charge in [-0.15, -0.1) is 0 Å². The molecule has 2 fully saturated rings. The molecule has 1 aliphatic heterocycles. The van der Waals surface area contributed by atoms with Gasteiger partial charge in [0.2, 0.25) is 17.7 Å². The fraction of sp³-hybridized carbons (Fsp3) is 0.609. The normalized spacial score (nSPS) is 19.3. The number of nitrogens with one attached hydrogen (secondary N) is 2. The van der Waals surface area contributed by atoms with Gasteiger partial charge < -0.3 is 20.3 Å². The average Bonchev–Trinajstić information content (AvgIpc) is 3.27. The molecule has 1 heterocycles. The van der Waals surface area contributed by atoms with Crippen molar-refractivity contribution in [3.63, 3.8) is 0 Å². The molecule has 1 aromatic carbocycles. The Balaban J connectivity index is 1.33. The molecule has 1 unspecified atom stereocenters. The Morgan fingerprint density at radius 3 is 2.53 bits per heavy atom. The van der Waals surface area contributed by atoms with Gasteiger partial charge in [0.15, 0.2) is 0 Å². The summed E-state index contributed by atoms with van der Waals surface area (Å²) in [6.07, 6.45) is 6.64. The summed E-state index contributed by atoms with van der Waals surface area (Å²) >= 11 is 0. The van der Waals surface area contributed by atoms with Crippen molar-refractivity contribution in [2.45, 2.75) is 57.4 Å². The molecule has 3 amide bonds. The number of hydrogen-bond donors (Lipinski definition) is 2. The second-order valence-electron chi connectivity index (χ2n) is 8.18. The minimum Gasteiger partial charge on any atom is -0.493 e. The number of para-hydroxylation sites is 1. The number of carbonyl (C=O) groups is 3. The third-order valence-corrected chi connectivity index (χ3v) is 5.84. The van der Waals surface area contributed by atoms with E-state index in [1.165, 1.54) is 12.8 Å². The smallest absolute Gasteiger partial charge is 0.226 e. The minimum absolute atomic E-state index is 0.000986. The van der Waals surface area contributed by atoms with Crippen molar-refractivity contribution in [3.8, 4) is 5.75 Å². The Labute approximate surface area is 178 Å². The zero-order valence-corrected chi connectivity index (χ0v) is 17.6. The van der Waals surface area contributed by atoms with Gasteiger partial charge in [0.1, 0.15) is 5.75 Å². The highest BCUT2D eigenvalue weighted by Crippen LogP contribution is 2.19. The molecule has 1 saturated heterocycles. The molecule has 164 valence electrons. The summed E-state index contributed by atoms with van der Waals surface area (Å²) in [6.45, 7) is 1.78. The van der Waals surface area contributed by atoms with Gasteiger partial charge >= 0.3 is 0 Å². The van der Waals surface area contributed by atoms with Gasteiger partial charge in [-0.1, -0.05) is 31.0 Å². The second-order valence-corrected chi connectivity index (χ2v) is 8.18. The Hall–Kier alpha value is -2.57. The largest absolute Gasteiger partial charge is 0.493 e. The minimum atomic E-state index is -0.212. The number of ether oxygens (including phenoxy) is 1. The first-order valence-corrected chi connectivity index (χ1v) is 11.1. The second kappa shape index (κ2) is 11.6. The lowest BCUT2D eigenvalue weighted by Gasteiger charge is -2.32. The third kappa shape index (κ3) is 7.04. The van der Waals surface area contributed by atoms with Crippen molar-refractivity contribution in [2.24, 2.45) is 5.92 Å². The molecular weight excluding hydrogens is 382 g/mol. The van der Waals surface area contributed by atoms with Crippen LogP contribution in [0.1, 0.15) is 51.4 Å². The maximum Gasteiger partial charge on any atom is 0.226 e. The number of rotatable bonds is 9. The van der Waals surface area contributed by atoms with Gasteiger partial charge in [-0.05, 0) is 37.8 Å². The molecule has 7 heteroatoms. The van der Waals surface area contributed by atoms with Crippen molar-refractivity contribution in [1.29, 1.82) is 0 Å². The molecule has 1 atom stereocenters. The van der Waals surface area contributed by atoms with Crippen molar-refractivity contribution in [3.05, 3.63) is 30.3 Å². The fourth-order valence-corrected chi connectivity index (χ4v) is 4.16. The van der Waals surface area contributed by atoms with Crippen molar-refractivity contribution >= 4 is 17.7 Å². The molecular formula is C23H33N3O4. The van der Waals surface area contributed by atoms with Crippen LogP contribution < -0.4 is 15.4 Å². The molecule has 0 radical (unpaired) electrons. The van der Waals surface area contributed by atoms with E-state index in [4.69, 9.17) is 4.74 Å². The Kier molecular flexibility index (Phi) is 8.53. The van der Waals surface area contributed by atoms with E-state index in [-0.39, 0.29) is 23.6 Å². The molecule has 2 aliphatic rings. The highest BCUT2D eigenvalue weighted by atomic mass is 16.5. The predicted molar refractivity (Wildman–Crippen MR) is 114 cm³/mol. The van der Waals surface area contributed by atoms with Crippen molar-refractivity contribution in [1.82, 2.24) is 15.5 Å². The first-order valence-electron chi connectivity index (χ1n) is 11.1. The van der Waals surface area contributed by atoms with Crippen LogP contribution >= 0.6 is 0 Å². The summed E-state index contributed by atoms with van der Waals surface area (Å²) in [5.41, 5.74) is 0. The van der Waals surface area contributed by atoms with Gasteiger partial charge in [-0.2, -0.15) is 0 Å². The number of benzene rings is 1. The van der Waals surface area contributed by atoms with Crippen LogP contribution in [0.5, 0.6) is 5.75 Å². The number of likely N-dealkylation sites (tertiary alicyclic amines) is 1. The molecule has 7 nitrogen and oxygen atoms in total. The summed E-state index contributed by atoms with van der Waals surface area (Å²) in [5, 5.41) is 5.90. The summed E-state index contributed by atoms with van der Waals surface area (Å²) in [4.78, 5) is 38.7. The van der Waals surface area contributed by atoms with E-state index in [0.717, 1.165) is 31.4 Å². The topological polar surface area (TPSA) is 87.7 Å². The highest BCUT2D eigenvalue weighted by Gasteiger charge is 2.28. The number of nitrogens with zero attached hydrogens (tertiary/aromatic N) is 1. The van der Waals surface area contributed by atoms with Gasteiger partial charge in [-0.3, -0.25) is 14.4 Å². The van der Waals surface area contributed by atoms with E-state index in [0.29, 0.717) is 45.1 Å². The van der Waals surface area contributed by atoms with E-state index in [2.05, 4.69) is 10.6 Å². The zero-order chi connectivity index (χ0) is 21.2. The molecule has 0 bridgehead atoms. The molecule has 30 heavy (non-hydrogen) atoms. The molecule has 1 saturated carbocycles.